The molecule has 1 aromatic carbocycles. The van der Waals surface area contributed by atoms with E-state index in [1.807, 2.05) is 24.4 Å². The van der Waals surface area contributed by atoms with Crippen molar-refractivity contribution in [3.63, 3.8) is 0 Å². The van der Waals surface area contributed by atoms with Crippen LogP contribution in [0.2, 0.25) is 0 Å². The fraction of sp³-hybridized carbons (Fsp3) is 0.667. The molecule has 0 saturated heterocycles. The maximum Gasteiger partial charge on any atom is 0.331 e. The molecule has 4 fully saturated rings. The van der Waals surface area contributed by atoms with Gasteiger partial charge in [0.2, 0.25) is 0 Å². The first-order valence-electron chi connectivity index (χ1n) is 14.0. The number of fused-ring (bicyclic) bond motifs is 5. The van der Waals surface area contributed by atoms with Crippen LogP contribution in [-0.4, -0.2) is 51.4 Å². The second-order valence-corrected chi connectivity index (χ2v) is 12.6. The average Bonchev–Trinajstić information content (AvgIpc) is 3.42. The molecule has 7 heteroatoms. The number of aliphatic hydroxyl groups is 3. The number of hydrazone groups is 1. The van der Waals surface area contributed by atoms with Gasteiger partial charge in [0, 0.05) is 29.5 Å². The largest absolute Gasteiger partial charge is 0.458 e. The Labute approximate surface area is 219 Å². The number of nitrogens with one attached hydrogen (secondary N) is 1. The fourth-order valence-corrected chi connectivity index (χ4v) is 9.25. The summed E-state index contributed by atoms with van der Waals surface area (Å²) in [5, 5.41) is 39.8. The highest BCUT2D eigenvalue weighted by Crippen LogP contribution is 2.70. The normalized spacial score (nSPS) is 45.1. The standard InChI is InChI=1S/C30H40N2O5/c1-27-11-8-24-25(30(27,36)14-10-23(27)21-15-26(34)37-18-21)9-13-29(35)16-22(33)7-12-28(24,29)19-32-31-17-20-5-3-2-4-6-20/h2-6,15,19,22-25,31,33,35-36H,7-14,16-18H2,1H3. The first-order chi connectivity index (χ1) is 17.7. The Hall–Kier alpha value is -2.22. The number of carbonyl (C=O) groups excluding carboxylic acids is 1. The summed E-state index contributed by atoms with van der Waals surface area (Å²) >= 11 is 0. The monoisotopic (exact) mass is 508 g/mol. The molecule has 0 spiro atoms. The summed E-state index contributed by atoms with van der Waals surface area (Å²) in [6, 6.07) is 10.1. The van der Waals surface area contributed by atoms with Crippen LogP contribution in [0, 0.1) is 28.6 Å². The predicted molar refractivity (Wildman–Crippen MR) is 139 cm³/mol. The van der Waals surface area contributed by atoms with Crippen LogP contribution in [0.5, 0.6) is 0 Å². The van der Waals surface area contributed by atoms with Crippen molar-refractivity contribution in [1.29, 1.82) is 0 Å². The van der Waals surface area contributed by atoms with Crippen LogP contribution in [0.4, 0.5) is 0 Å². The SMILES string of the molecule is CC12CCC3C(CCC4(O)CC(O)CCC34C=NNCc3ccccc3)C1(O)CCC2C1=CC(=O)OC1. The molecule has 1 aliphatic heterocycles. The molecule has 0 amide bonds. The number of benzene rings is 1. The van der Waals surface area contributed by atoms with Gasteiger partial charge in [0.1, 0.15) is 6.61 Å². The third kappa shape index (κ3) is 3.72. The molecule has 4 saturated carbocycles. The molecule has 1 heterocycles. The topological polar surface area (TPSA) is 111 Å². The van der Waals surface area contributed by atoms with Crippen LogP contribution in [0.25, 0.3) is 0 Å². The number of aliphatic hydroxyl groups excluding tert-OH is 1. The first-order valence-corrected chi connectivity index (χ1v) is 14.0. The van der Waals surface area contributed by atoms with E-state index in [0.717, 1.165) is 36.8 Å². The third-order valence-electron chi connectivity index (χ3n) is 11.2. The quantitative estimate of drug-likeness (QED) is 0.275. The van der Waals surface area contributed by atoms with Crippen LogP contribution < -0.4 is 5.43 Å². The second kappa shape index (κ2) is 8.92. The van der Waals surface area contributed by atoms with Crippen LogP contribution in [0.15, 0.2) is 47.1 Å². The predicted octanol–water partition coefficient (Wildman–Crippen LogP) is 3.47. The Bertz CT molecular complexity index is 1110. The molecule has 200 valence electrons. The lowest BCUT2D eigenvalue weighted by molar-refractivity contribution is -0.237. The molecule has 1 aromatic rings. The summed E-state index contributed by atoms with van der Waals surface area (Å²) in [5.41, 5.74) is 2.51. The number of nitrogens with zero attached hydrogens (tertiary/aromatic N) is 1. The minimum atomic E-state index is -1.04. The molecule has 5 aliphatic rings. The Balaban J connectivity index is 1.31. The Kier molecular flexibility index (Phi) is 6.05. The minimum absolute atomic E-state index is 0.0333. The molecular formula is C30H40N2O5. The number of hydrogen-bond acceptors (Lipinski definition) is 7. The molecule has 0 bridgehead atoms. The molecule has 8 unspecified atom stereocenters. The Morgan fingerprint density at radius 2 is 1.84 bits per heavy atom. The average molecular weight is 509 g/mol. The zero-order valence-electron chi connectivity index (χ0n) is 21.7. The van der Waals surface area contributed by atoms with E-state index in [2.05, 4.69) is 29.6 Å². The molecule has 6 rings (SSSR count). The van der Waals surface area contributed by atoms with Crippen molar-refractivity contribution < 1.29 is 24.9 Å². The highest BCUT2D eigenvalue weighted by Gasteiger charge is 2.71. The zero-order valence-corrected chi connectivity index (χ0v) is 21.7. The van der Waals surface area contributed by atoms with E-state index in [9.17, 15) is 20.1 Å². The molecule has 8 atom stereocenters. The number of ether oxygens (including phenoxy) is 1. The summed E-state index contributed by atoms with van der Waals surface area (Å²) in [6.45, 7) is 3.14. The maximum absolute atomic E-state index is 12.5. The summed E-state index contributed by atoms with van der Waals surface area (Å²) in [4.78, 5) is 11.8. The van der Waals surface area contributed by atoms with Gasteiger partial charge in [-0.25, -0.2) is 4.79 Å². The molecule has 4 aliphatic carbocycles. The second-order valence-electron chi connectivity index (χ2n) is 12.6. The van der Waals surface area contributed by atoms with Crippen LogP contribution in [-0.2, 0) is 16.1 Å². The van der Waals surface area contributed by atoms with Crippen LogP contribution in [0.3, 0.4) is 0 Å². The van der Waals surface area contributed by atoms with Crippen LogP contribution in [0.1, 0.15) is 70.3 Å². The molecule has 37 heavy (non-hydrogen) atoms. The number of rotatable bonds is 5. The van der Waals surface area contributed by atoms with Gasteiger partial charge in [-0.15, -0.1) is 0 Å². The summed E-state index contributed by atoms with van der Waals surface area (Å²) in [7, 11) is 0. The van der Waals surface area contributed by atoms with Gasteiger partial charge in [-0.3, -0.25) is 0 Å². The van der Waals surface area contributed by atoms with Gasteiger partial charge in [0.25, 0.3) is 0 Å². The van der Waals surface area contributed by atoms with Gasteiger partial charge in [-0.2, -0.15) is 5.10 Å². The lowest BCUT2D eigenvalue weighted by Gasteiger charge is -2.65. The number of esters is 1. The van der Waals surface area contributed by atoms with Gasteiger partial charge in [-0.05, 0) is 80.3 Å². The van der Waals surface area contributed by atoms with Crippen LogP contribution >= 0.6 is 0 Å². The summed E-state index contributed by atoms with van der Waals surface area (Å²) in [6.07, 6.45) is 9.24. The molecule has 7 nitrogen and oxygen atoms in total. The third-order valence-corrected chi connectivity index (χ3v) is 11.2. The molecule has 0 aromatic heterocycles. The smallest absolute Gasteiger partial charge is 0.331 e. The van der Waals surface area contributed by atoms with Gasteiger partial charge in [0.05, 0.1) is 23.9 Å². The van der Waals surface area contributed by atoms with Gasteiger partial charge < -0.3 is 25.5 Å². The van der Waals surface area contributed by atoms with E-state index in [4.69, 9.17) is 4.74 Å². The van der Waals surface area contributed by atoms with Crippen molar-refractivity contribution in [1.82, 2.24) is 5.43 Å². The van der Waals surface area contributed by atoms with E-state index >= 15 is 0 Å². The zero-order chi connectivity index (χ0) is 25.9. The number of carbonyl (C=O) groups is 1. The minimum Gasteiger partial charge on any atom is -0.458 e. The van der Waals surface area contributed by atoms with E-state index < -0.39 is 22.7 Å². The lowest BCUT2D eigenvalue weighted by Crippen LogP contribution is -2.68. The maximum atomic E-state index is 12.5. The summed E-state index contributed by atoms with van der Waals surface area (Å²) < 4.78 is 5.24. The first kappa shape index (κ1) is 25.1. The number of cyclic esters (lactones) is 1. The van der Waals surface area contributed by atoms with Crippen molar-refractivity contribution in [2.45, 2.75) is 88.6 Å². The van der Waals surface area contributed by atoms with Gasteiger partial charge in [0.15, 0.2) is 0 Å². The van der Waals surface area contributed by atoms with E-state index in [1.165, 1.54) is 0 Å². The Morgan fingerprint density at radius 3 is 2.59 bits per heavy atom. The van der Waals surface area contributed by atoms with E-state index in [1.54, 1.807) is 6.08 Å². The van der Waals surface area contributed by atoms with Crippen molar-refractivity contribution in [2.75, 3.05) is 6.61 Å². The summed E-state index contributed by atoms with van der Waals surface area (Å²) in [5.74, 6) is -0.0281. The van der Waals surface area contributed by atoms with Crippen molar-refractivity contribution >= 4 is 12.2 Å². The van der Waals surface area contributed by atoms with Gasteiger partial charge >= 0.3 is 5.97 Å². The highest BCUT2D eigenvalue weighted by atomic mass is 16.5. The van der Waals surface area contributed by atoms with Crippen molar-refractivity contribution in [3.05, 3.63) is 47.5 Å². The van der Waals surface area contributed by atoms with Crippen molar-refractivity contribution in [2.24, 2.45) is 33.7 Å². The van der Waals surface area contributed by atoms with Crippen molar-refractivity contribution in [3.8, 4) is 0 Å². The lowest BCUT2D eigenvalue weighted by atomic mass is 9.41. The number of hydrogen-bond donors (Lipinski definition) is 4. The molecule has 0 radical (unpaired) electrons. The molecule has 4 N–H and O–H groups in total. The highest BCUT2D eigenvalue weighted by molar-refractivity contribution is 5.85. The molecular weight excluding hydrogens is 468 g/mol. The fourth-order valence-electron chi connectivity index (χ4n) is 9.25. The van der Waals surface area contributed by atoms with E-state index in [-0.39, 0.29) is 29.1 Å². The Morgan fingerprint density at radius 1 is 1.05 bits per heavy atom. The van der Waals surface area contributed by atoms with E-state index in [0.29, 0.717) is 45.3 Å². The van der Waals surface area contributed by atoms with Gasteiger partial charge in [-0.1, -0.05) is 37.3 Å².